The van der Waals surface area contributed by atoms with Gasteiger partial charge in [-0.15, -0.1) is 0 Å². The highest BCUT2D eigenvalue weighted by Crippen LogP contribution is 2.33. The van der Waals surface area contributed by atoms with E-state index in [1.165, 1.54) is 0 Å². The number of aromatic nitrogens is 3. The number of ether oxygens (including phenoxy) is 1. The number of fused-ring (bicyclic) bond motifs is 1. The molecule has 40 heavy (non-hydrogen) atoms. The number of benzene rings is 2. The maximum atomic E-state index is 12.2. The smallest absolute Gasteiger partial charge is 0.235 e. The topological polar surface area (TPSA) is 125 Å². The molecule has 0 spiro atoms. The molecular formula is C28H35N7O4S. The Labute approximate surface area is 234 Å². The number of hydrogen-bond acceptors (Lipinski definition) is 9. The minimum atomic E-state index is -3.42. The molecule has 1 aliphatic heterocycles. The third kappa shape index (κ3) is 6.14. The molecule has 3 heterocycles. The summed E-state index contributed by atoms with van der Waals surface area (Å²) >= 11 is 0. The Balaban J connectivity index is 1.38. The lowest BCUT2D eigenvalue weighted by molar-refractivity contribution is 0.201. The Kier molecular flexibility index (Phi) is 8.10. The first-order chi connectivity index (χ1) is 19.2. The molecule has 3 N–H and O–H groups in total. The van der Waals surface area contributed by atoms with Gasteiger partial charge in [-0.25, -0.2) is 13.4 Å². The summed E-state index contributed by atoms with van der Waals surface area (Å²) in [4.78, 5) is 13.8. The van der Waals surface area contributed by atoms with Crippen LogP contribution in [0.15, 0.2) is 60.9 Å². The van der Waals surface area contributed by atoms with Crippen molar-refractivity contribution in [2.24, 2.45) is 0 Å². The van der Waals surface area contributed by atoms with Crippen LogP contribution in [-0.4, -0.2) is 84.6 Å². The molecule has 0 aliphatic carbocycles. The predicted molar refractivity (Wildman–Crippen MR) is 159 cm³/mol. The number of piperazine rings is 1. The predicted octanol–water partition coefficient (Wildman–Crippen LogP) is 3.44. The fraction of sp³-hybridized carbons (Fsp3) is 0.357. The highest BCUT2D eigenvalue weighted by Gasteiger charge is 2.19. The van der Waals surface area contributed by atoms with Crippen molar-refractivity contribution in [3.8, 4) is 11.4 Å². The fourth-order valence-electron chi connectivity index (χ4n) is 4.46. The average molecular weight is 566 g/mol. The SMILES string of the molecule is CC(C)S(=O)(=O)Nc1ccc(-n2ccc3cnc(Nc4ccc(N5CCN(C)CC5)c(OCCO)c4)nc32)cc1. The molecule has 4 aromatic rings. The molecule has 0 atom stereocenters. The van der Waals surface area contributed by atoms with E-state index in [0.29, 0.717) is 23.0 Å². The van der Waals surface area contributed by atoms with Crippen molar-refractivity contribution in [3.63, 3.8) is 0 Å². The number of aliphatic hydroxyl groups excluding tert-OH is 1. The summed E-state index contributed by atoms with van der Waals surface area (Å²) in [6, 6.07) is 15.0. The van der Waals surface area contributed by atoms with Gasteiger partial charge in [-0.05, 0) is 63.4 Å². The Morgan fingerprint density at radius 2 is 1.75 bits per heavy atom. The van der Waals surface area contributed by atoms with Crippen molar-refractivity contribution >= 4 is 44.1 Å². The molecule has 5 rings (SSSR count). The zero-order chi connectivity index (χ0) is 28.3. The highest BCUT2D eigenvalue weighted by molar-refractivity contribution is 7.93. The van der Waals surface area contributed by atoms with E-state index in [1.54, 1.807) is 32.2 Å². The quantitative estimate of drug-likeness (QED) is 0.265. The van der Waals surface area contributed by atoms with Gasteiger partial charge in [0, 0.05) is 67.1 Å². The van der Waals surface area contributed by atoms with Crippen LogP contribution >= 0.6 is 0 Å². The van der Waals surface area contributed by atoms with Crippen molar-refractivity contribution in [2.75, 3.05) is 61.4 Å². The first-order valence-corrected chi connectivity index (χ1v) is 14.8. The van der Waals surface area contributed by atoms with Crippen molar-refractivity contribution in [2.45, 2.75) is 19.1 Å². The van der Waals surface area contributed by atoms with Gasteiger partial charge >= 0.3 is 0 Å². The lowest BCUT2D eigenvalue weighted by atomic mass is 10.2. The van der Waals surface area contributed by atoms with E-state index in [-0.39, 0.29) is 13.2 Å². The normalized spacial score (nSPS) is 14.6. The summed E-state index contributed by atoms with van der Waals surface area (Å²) in [5.41, 5.74) is 3.81. The van der Waals surface area contributed by atoms with Gasteiger partial charge in [0.15, 0.2) is 0 Å². The van der Waals surface area contributed by atoms with Gasteiger partial charge in [-0.3, -0.25) is 4.72 Å². The molecule has 0 saturated carbocycles. The van der Waals surface area contributed by atoms with Crippen LogP contribution in [0.1, 0.15) is 13.8 Å². The summed E-state index contributed by atoms with van der Waals surface area (Å²) in [7, 11) is -1.30. The number of hydrogen-bond donors (Lipinski definition) is 3. The van der Waals surface area contributed by atoms with Crippen LogP contribution in [0.25, 0.3) is 16.7 Å². The van der Waals surface area contributed by atoms with Gasteiger partial charge in [-0.2, -0.15) is 4.98 Å². The summed E-state index contributed by atoms with van der Waals surface area (Å²) in [6.45, 7) is 7.17. The minimum Gasteiger partial charge on any atom is -0.489 e. The Bertz CT molecular complexity index is 1560. The number of sulfonamides is 1. The van der Waals surface area contributed by atoms with Crippen molar-refractivity contribution < 1.29 is 18.3 Å². The largest absolute Gasteiger partial charge is 0.489 e. The van der Waals surface area contributed by atoms with Gasteiger partial charge in [0.05, 0.1) is 17.5 Å². The second kappa shape index (κ2) is 11.7. The molecule has 0 unspecified atom stereocenters. The molecule has 0 amide bonds. The zero-order valence-corrected chi connectivity index (χ0v) is 23.7. The lowest BCUT2D eigenvalue weighted by Gasteiger charge is -2.35. The third-order valence-corrected chi connectivity index (χ3v) is 8.62. The maximum absolute atomic E-state index is 12.2. The first kappa shape index (κ1) is 27.7. The van der Waals surface area contributed by atoms with Crippen LogP contribution in [0, 0.1) is 0 Å². The van der Waals surface area contributed by atoms with Crippen LogP contribution in [0.2, 0.25) is 0 Å². The van der Waals surface area contributed by atoms with E-state index < -0.39 is 15.3 Å². The standard InChI is InChI=1S/C28H35N7O4S/c1-20(2)40(37,38)32-22-4-7-24(8-5-22)35-11-10-21-19-29-28(31-27(21)35)30-23-6-9-25(26(18-23)39-17-16-36)34-14-12-33(3)13-15-34/h4-11,18-20,32,36H,12-17H2,1-3H3,(H,29,30,31). The van der Waals surface area contributed by atoms with Crippen LogP contribution in [0.3, 0.4) is 0 Å². The third-order valence-electron chi connectivity index (χ3n) is 6.86. The van der Waals surface area contributed by atoms with Gasteiger partial charge in [0.2, 0.25) is 16.0 Å². The second-order valence-corrected chi connectivity index (χ2v) is 12.3. The van der Waals surface area contributed by atoms with E-state index in [9.17, 15) is 13.5 Å². The number of anilines is 4. The fourth-order valence-corrected chi connectivity index (χ4v) is 5.16. The molecule has 2 aromatic carbocycles. The Morgan fingerprint density at radius 1 is 1.02 bits per heavy atom. The number of likely N-dealkylation sites (N-methyl/N-ethyl adjacent to an activating group) is 1. The average Bonchev–Trinajstić information content (AvgIpc) is 3.36. The van der Waals surface area contributed by atoms with Crippen LogP contribution in [0.5, 0.6) is 5.75 Å². The van der Waals surface area contributed by atoms with E-state index in [2.05, 4.69) is 31.9 Å². The summed E-state index contributed by atoms with van der Waals surface area (Å²) in [5.74, 6) is 1.12. The highest BCUT2D eigenvalue weighted by atomic mass is 32.2. The molecule has 1 aliphatic rings. The van der Waals surface area contributed by atoms with E-state index in [0.717, 1.165) is 48.6 Å². The molecule has 0 radical (unpaired) electrons. The van der Waals surface area contributed by atoms with Crippen molar-refractivity contribution in [1.82, 2.24) is 19.4 Å². The molecule has 2 aromatic heterocycles. The molecule has 1 fully saturated rings. The minimum absolute atomic E-state index is 0.0683. The lowest BCUT2D eigenvalue weighted by Crippen LogP contribution is -2.44. The number of nitrogens with zero attached hydrogens (tertiary/aromatic N) is 5. The number of nitrogens with one attached hydrogen (secondary N) is 2. The Hall–Kier alpha value is -3.87. The van der Waals surface area contributed by atoms with E-state index in [4.69, 9.17) is 9.72 Å². The number of rotatable bonds is 10. The summed E-state index contributed by atoms with van der Waals surface area (Å²) in [6.07, 6.45) is 3.66. The number of aliphatic hydroxyl groups is 1. The van der Waals surface area contributed by atoms with E-state index >= 15 is 0 Å². The Morgan fingerprint density at radius 3 is 2.45 bits per heavy atom. The summed E-state index contributed by atoms with van der Waals surface area (Å²) < 4.78 is 34.8. The van der Waals surface area contributed by atoms with Crippen LogP contribution < -0.4 is 19.7 Å². The van der Waals surface area contributed by atoms with Gasteiger partial charge in [-0.1, -0.05) is 0 Å². The van der Waals surface area contributed by atoms with Crippen LogP contribution in [0.4, 0.5) is 23.0 Å². The van der Waals surface area contributed by atoms with Gasteiger partial charge in [0.1, 0.15) is 18.0 Å². The second-order valence-electron chi connectivity index (χ2n) is 10.1. The first-order valence-electron chi connectivity index (χ1n) is 13.3. The van der Waals surface area contributed by atoms with Crippen molar-refractivity contribution in [3.05, 3.63) is 60.9 Å². The molecule has 1 saturated heterocycles. The summed E-state index contributed by atoms with van der Waals surface area (Å²) in [5, 5.41) is 13.0. The van der Waals surface area contributed by atoms with Gasteiger partial charge in [0.25, 0.3) is 0 Å². The monoisotopic (exact) mass is 565 g/mol. The molecule has 212 valence electrons. The molecule has 12 heteroatoms. The molecular weight excluding hydrogens is 530 g/mol. The van der Waals surface area contributed by atoms with Crippen molar-refractivity contribution in [1.29, 1.82) is 0 Å². The van der Waals surface area contributed by atoms with Crippen LogP contribution in [-0.2, 0) is 10.0 Å². The zero-order valence-electron chi connectivity index (χ0n) is 22.9. The maximum Gasteiger partial charge on any atom is 0.235 e. The molecule has 0 bridgehead atoms. The molecule has 11 nitrogen and oxygen atoms in total. The van der Waals surface area contributed by atoms with E-state index in [1.807, 2.05) is 47.2 Å². The van der Waals surface area contributed by atoms with Gasteiger partial charge < -0.3 is 29.5 Å².